The molecule has 1 aliphatic heterocycles. The van der Waals surface area contributed by atoms with Crippen LogP contribution in [0.5, 0.6) is 5.75 Å². The molecule has 6 nitrogen and oxygen atoms in total. The largest absolute Gasteiger partial charge is 0.490 e. The molecule has 0 aromatic heterocycles. The molecule has 3 rings (SSSR count). The summed E-state index contributed by atoms with van der Waals surface area (Å²) in [6.45, 7) is 4.39. The smallest absolute Gasteiger partial charge is 0.338 e. The summed E-state index contributed by atoms with van der Waals surface area (Å²) < 4.78 is 16.6. The number of carbonyl (C=O) groups excluding carboxylic acids is 2. The minimum Gasteiger partial charge on any atom is -0.490 e. The lowest BCUT2D eigenvalue weighted by Crippen LogP contribution is -2.44. The average molecular weight is 418 g/mol. The van der Waals surface area contributed by atoms with E-state index in [0.717, 1.165) is 12.1 Å². The lowest BCUT2D eigenvalue weighted by Gasteiger charge is -2.33. The van der Waals surface area contributed by atoms with Crippen molar-refractivity contribution in [1.29, 1.82) is 0 Å². The Morgan fingerprint density at radius 2 is 2.00 bits per heavy atom. The van der Waals surface area contributed by atoms with Gasteiger partial charge in [0.2, 0.25) is 0 Å². The van der Waals surface area contributed by atoms with Crippen LogP contribution in [0.2, 0.25) is 5.02 Å². The van der Waals surface area contributed by atoms with E-state index in [0.29, 0.717) is 48.2 Å². The summed E-state index contributed by atoms with van der Waals surface area (Å²) in [4.78, 5) is 26.0. The highest BCUT2D eigenvalue weighted by Gasteiger charge is 2.23. The van der Waals surface area contributed by atoms with Gasteiger partial charge in [0.1, 0.15) is 18.5 Å². The summed E-state index contributed by atoms with van der Waals surface area (Å²) in [5, 5.41) is 0.493. The third kappa shape index (κ3) is 5.56. The summed E-state index contributed by atoms with van der Waals surface area (Å²) in [7, 11) is 1.38. The number of benzene rings is 2. The van der Waals surface area contributed by atoms with E-state index in [2.05, 4.69) is 4.90 Å². The molecular weight excluding hydrogens is 394 g/mol. The Balaban J connectivity index is 1.62. The highest BCUT2D eigenvalue weighted by molar-refractivity contribution is 6.31. The summed E-state index contributed by atoms with van der Waals surface area (Å²) in [6, 6.07) is 12.4. The number of ketones is 1. The Labute approximate surface area is 175 Å². The lowest BCUT2D eigenvalue weighted by molar-refractivity contribution is -0.0505. The van der Waals surface area contributed by atoms with Crippen LogP contribution < -0.4 is 4.74 Å². The van der Waals surface area contributed by atoms with Crippen LogP contribution in [0.25, 0.3) is 0 Å². The van der Waals surface area contributed by atoms with E-state index in [1.807, 2.05) is 18.2 Å². The van der Waals surface area contributed by atoms with E-state index >= 15 is 0 Å². The Hall–Kier alpha value is -2.41. The highest BCUT2D eigenvalue weighted by atomic mass is 35.5. The molecule has 1 atom stereocenters. The highest BCUT2D eigenvalue weighted by Crippen LogP contribution is 2.24. The maximum Gasteiger partial charge on any atom is 0.338 e. The van der Waals surface area contributed by atoms with E-state index < -0.39 is 0 Å². The number of rotatable bonds is 7. The van der Waals surface area contributed by atoms with E-state index in [1.54, 1.807) is 24.3 Å². The van der Waals surface area contributed by atoms with Crippen LogP contribution in [-0.4, -0.2) is 56.2 Å². The molecule has 154 valence electrons. The Morgan fingerprint density at radius 3 is 2.76 bits per heavy atom. The first kappa shape index (κ1) is 21.3. The van der Waals surface area contributed by atoms with Crippen molar-refractivity contribution < 1.29 is 23.8 Å². The molecule has 0 saturated carbocycles. The zero-order valence-electron chi connectivity index (χ0n) is 16.5. The topological polar surface area (TPSA) is 65.1 Å². The second-order valence-corrected chi connectivity index (χ2v) is 7.32. The van der Waals surface area contributed by atoms with Crippen molar-refractivity contribution in [2.45, 2.75) is 19.6 Å². The Bertz CT molecular complexity index is 885. The van der Waals surface area contributed by atoms with Gasteiger partial charge in [-0.15, -0.1) is 0 Å². The third-order valence-electron chi connectivity index (χ3n) is 4.79. The van der Waals surface area contributed by atoms with Crippen LogP contribution in [0.3, 0.4) is 0 Å². The fraction of sp³-hybridized carbons (Fsp3) is 0.364. The van der Waals surface area contributed by atoms with E-state index in [4.69, 9.17) is 25.8 Å². The van der Waals surface area contributed by atoms with Crippen molar-refractivity contribution >= 4 is 23.4 Å². The molecule has 0 amide bonds. The molecule has 1 saturated heterocycles. The summed E-state index contributed by atoms with van der Waals surface area (Å²) in [6.07, 6.45) is -0.149. The van der Waals surface area contributed by atoms with Gasteiger partial charge >= 0.3 is 5.97 Å². The first-order valence-electron chi connectivity index (χ1n) is 9.41. The van der Waals surface area contributed by atoms with Gasteiger partial charge in [-0.05, 0) is 36.8 Å². The van der Waals surface area contributed by atoms with Gasteiger partial charge in [0.15, 0.2) is 5.78 Å². The Kier molecular flexibility index (Phi) is 7.25. The summed E-state index contributed by atoms with van der Waals surface area (Å²) in [5.41, 5.74) is 1.94. The van der Waals surface area contributed by atoms with Gasteiger partial charge in [0, 0.05) is 24.7 Å². The summed E-state index contributed by atoms with van der Waals surface area (Å²) in [5.74, 6) is 0.0556. The maximum absolute atomic E-state index is 12.0. The monoisotopic (exact) mass is 417 g/mol. The molecule has 1 fully saturated rings. The second-order valence-electron chi connectivity index (χ2n) is 6.88. The summed E-state index contributed by atoms with van der Waals surface area (Å²) >= 11 is 5.98. The fourth-order valence-corrected chi connectivity index (χ4v) is 3.49. The van der Waals surface area contributed by atoms with Crippen LogP contribution in [0, 0.1) is 0 Å². The SMILES string of the molecule is COC(=O)c1ccccc1CN1CCOC(COc2ccc(Cl)cc2C(C)=O)C1. The molecule has 0 radical (unpaired) electrons. The van der Waals surface area contributed by atoms with Crippen LogP contribution in [-0.2, 0) is 16.0 Å². The van der Waals surface area contributed by atoms with Gasteiger partial charge in [0.05, 0.1) is 24.8 Å². The number of Topliss-reactive ketones (excluding diaryl/α,β-unsaturated/α-hetero) is 1. The van der Waals surface area contributed by atoms with E-state index in [-0.39, 0.29) is 17.9 Å². The predicted octanol–water partition coefficient (Wildman–Crippen LogP) is 3.61. The molecule has 2 aromatic carbocycles. The molecule has 2 aromatic rings. The minimum absolute atomic E-state index is 0.104. The van der Waals surface area contributed by atoms with Crippen molar-refractivity contribution in [3.63, 3.8) is 0 Å². The van der Waals surface area contributed by atoms with Crippen LogP contribution in [0.4, 0.5) is 0 Å². The zero-order valence-corrected chi connectivity index (χ0v) is 17.3. The third-order valence-corrected chi connectivity index (χ3v) is 5.02. The second kappa shape index (κ2) is 9.87. The zero-order chi connectivity index (χ0) is 20.8. The van der Waals surface area contributed by atoms with E-state index in [1.165, 1.54) is 14.0 Å². The first-order valence-corrected chi connectivity index (χ1v) is 9.79. The standard InChI is InChI=1S/C22H24ClNO5/c1-15(25)20-11-17(23)7-8-21(20)29-14-18-13-24(9-10-28-18)12-16-5-3-4-6-19(16)22(26)27-2/h3-8,11,18H,9-10,12-14H2,1-2H3. The molecule has 29 heavy (non-hydrogen) atoms. The molecule has 1 heterocycles. The molecule has 1 aliphatic rings. The minimum atomic E-state index is -0.340. The Morgan fingerprint density at radius 1 is 1.21 bits per heavy atom. The quantitative estimate of drug-likeness (QED) is 0.506. The number of methoxy groups -OCH3 is 1. The van der Waals surface area contributed by atoms with Crippen LogP contribution in [0.1, 0.15) is 33.2 Å². The van der Waals surface area contributed by atoms with Crippen molar-refractivity contribution in [2.24, 2.45) is 0 Å². The predicted molar refractivity (Wildman–Crippen MR) is 110 cm³/mol. The molecule has 0 bridgehead atoms. The van der Waals surface area contributed by atoms with Gasteiger partial charge in [0.25, 0.3) is 0 Å². The normalized spacial score (nSPS) is 17.0. The molecule has 7 heteroatoms. The number of nitrogens with zero attached hydrogens (tertiary/aromatic N) is 1. The van der Waals surface area contributed by atoms with E-state index in [9.17, 15) is 9.59 Å². The van der Waals surface area contributed by atoms with Gasteiger partial charge in [-0.3, -0.25) is 9.69 Å². The maximum atomic E-state index is 12.0. The lowest BCUT2D eigenvalue weighted by atomic mass is 10.1. The van der Waals surface area contributed by atoms with Crippen molar-refractivity contribution in [3.05, 3.63) is 64.2 Å². The molecular formula is C22H24ClNO5. The molecule has 0 N–H and O–H groups in total. The van der Waals surface area contributed by atoms with Gasteiger partial charge in [-0.25, -0.2) is 4.79 Å². The number of hydrogen-bond donors (Lipinski definition) is 0. The van der Waals surface area contributed by atoms with Gasteiger partial charge < -0.3 is 14.2 Å². The molecule has 1 unspecified atom stereocenters. The number of ether oxygens (including phenoxy) is 3. The fourth-order valence-electron chi connectivity index (χ4n) is 3.32. The average Bonchev–Trinajstić information content (AvgIpc) is 2.73. The van der Waals surface area contributed by atoms with Crippen LogP contribution in [0.15, 0.2) is 42.5 Å². The van der Waals surface area contributed by atoms with Crippen LogP contribution >= 0.6 is 11.6 Å². The van der Waals surface area contributed by atoms with Gasteiger partial charge in [-0.2, -0.15) is 0 Å². The van der Waals surface area contributed by atoms with Crippen molar-refractivity contribution in [1.82, 2.24) is 4.90 Å². The number of hydrogen-bond acceptors (Lipinski definition) is 6. The number of morpholine rings is 1. The van der Waals surface area contributed by atoms with Gasteiger partial charge in [-0.1, -0.05) is 29.8 Å². The van der Waals surface area contributed by atoms with Crippen molar-refractivity contribution in [2.75, 3.05) is 33.4 Å². The molecule has 0 aliphatic carbocycles. The number of esters is 1. The molecule has 0 spiro atoms. The van der Waals surface area contributed by atoms with Crippen molar-refractivity contribution in [3.8, 4) is 5.75 Å². The first-order chi connectivity index (χ1) is 14.0. The number of carbonyl (C=O) groups is 2. The number of halogens is 1.